The summed E-state index contributed by atoms with van der Waals surface area (Å²) in [5.74, 6) is 1.03. The number of carbonyl (C=O) groups excluding carboxylic acids is 1. The van der Waals surface area contributed by atoms with E-state index in [9.17, 15) is 4.79 Å². The second-order valence-electron chi connectivity index (χ2n) is 5.59. The van der Waals surface area contributed by atoms with E-state index in [2.05, 4.69) is 10.5 Å². The van der Waals surface area contributed by atoms with Crippen molar-refractivity contribution >= 4 is 17.5 Å². The van der Waals surface area contributed by atoms with E-state index >= 15 is 0 Å². The Balaban J connectivity index is 1.95. The van der Waals surface area contributed by atoms with Gasteiger partial charge in [0.25, 0.3) is 5.91 Å². The van der Waals surface area contributed by atoms with Crippen LogP contribution in [0.25, 0.3) is 0 Å². The number of methoxy groups -OCH3 is 1. The van der Waals surface area contributed by atoms with E-state index in [1.807, 2.05) is 19.9 Å². The van der Waals surface area contributed by atoms with E-state index in [1.165, 1.54) is 7.11 Å². The minimum atomic E-state index is -0.580. The number of hydrogen-bond acceptors (Lipinski definition) is 6. The Labute approximate surface area is 151 Å². The van der Waals surface area contributed by atoms with Gasteiger partial charge in [0.2, 0.25) is 0 Å². The zero-order chi connectivity index (χ0) is 18.4. The first-order chi connectivity index (χ1) is 11.9. The first-order valence-corrected chi connectivity index (χ1v) is 8.20. The van der Waals surface area contributed by atoms with Crippen LogP contribution in [0.2, 0.25) is 5.02 Å². The van der Waals surface area contributed by atoms with Gasteiger partial charge in [-0.15, -0.1) is 0 Å². The summed E-state index contributed by atoms with van der Waals surface area (Å²) in [6, 6.07) is 3.58. The highest BCUT2D eigenvalue weighted by Crippen LogP contribution is 2.36. The maximum Gasteiger partial charge on any atom is 0.255 e. The summed E-state index contributed by atoms with van der Waals surface area (Å²) in [6.07, 6.45) is 0.825. The zero-order valence-corrected chi connectivity index (χ0v) is 15.3. The molecule has 0 saturated heterocycles. The molecule has 1 aromatic heterocycles. The maximum atomic E-state index is 10.9. The number of nitrogens with zero attached hydrogens (tertiary/aromatic N) is 1. The summed E-state index contributed by atoms with van der Waals surface area (Å²) in [7, 11) is 1.51. The number of ether oxygens (including phenoxy) is 2. The van der Waals surface area contributed by atoms with Crippen LogP contribution >= 0.6 is 11.6 Å². The van der Waals surface area contributed by atoms with Gasteiger partial charge in [-0.3, -0.25) is 4.79 Å². The minimum Gasteiger partial charge on any atom is -0.493 e. The number of nitrogens with two attached hydrogens (primary N) is 1. The Morgan fingerprint density at radius 1 is 1.40 bits per heavy atom. The molecule has 1 heterocycles. The smallest absolute Gasteiger partial charge is 0.255 e. The second kappa shape index (κ2) is 8.73. The standard InChI is InChI=1S/C17H22ClN3O4/c1-10-13(11(2)25-21-10)4-5-20-8-12-6-14(18)17(15(7-12)23-3)24-9-16(19)22/h6-7,20H,4-5,8-9H2,1-3H3,(H2,19,22). The van der Waals surface area contributed by atoms with Crippen molar-refractivity contribution in [3.8, 4) is 11.5 Å². The van der Waals surface area contributed by atoms with Crippen LogP contribution in [0, 0.1) is 13.8 Å². The van der Waals surface area contributed by atoms with E-state index in [0.29, 0.717) is 23.1 Å². The maximum absolute atomic E-state index is 10.9. The van der Waals surface area contributed by atoms with Gasteiger partial charge in [-0.1, -0.05) is 16.8 Å². The Morgan fingerprint density at radius 2 is 2.16 bits per heavy atom. The van der Waals surface area contributed by atoms with Crippen LogP contribution in [-0.2, 0) is 17.8 Å². The summed E-state index contributed by atoms with van der Waals surface area (Å²) in [4.78, 5) is 10.9. The molecule has 0 aliphatic carbocycles. The van der Waals surface area contributed by atoms with Crippen molar-refractivity contribution in [2.75, 3.05) is 20.3 Å². The number of halogens is 1. The van der Waals surface area contributed by atoms with E-state index in [4.69, 9.17) is 31.3 Å². The van der Waals surface area contributed by atoms with E-state index in [-0.39, 0.29) is 6.61 Å². The number of carbonyl (C=O) groups is 1. The van der Waals surface area contributed by atoms with Crippen molar-refractivity contribution in [1.29, 1.82) is 0 Å². The van der Waals surface area contributed by atoms with Gasteiger partial charge < -0.3 is 25.0 Å². The Hall–Kier alpha value is -2.25. The van der Waals surface area contributed by atoms with Gasteiger partial charge >= 0.3 is 0 Å². The van der Waals surface area contributed by atoms with Gasteiger partial charge in [0.05, 0.1) is 17.8 Å². The Bertz CT molecular complexity index is 726. The topological polar surface area (TPSA) is 99.6 Å². The number of primary amides is 1. The van der Waals surface area contributed by atoms with Crippen molar-refractivity contribution in [1.82, 2.24) is 10.5 Å². The first-order valence-electron chi connectivity index (χ1n) is 7.82. The monoisotopic (exact) mass is 367 g/mol. The number of rotatable bonds is 9. The largest absolute Gasteiger partial charge is 0.493 e. The molecule has 0 bridgehead atoms. The molecular formula is C17H22ClN3O4. The lowest BCUT2D eigenvalue weighted by atomic mass is 10.1. The second-order valence-corrected chi connectivity index (χ2v) is 6.00. The number of amides is 1. The normalized spacial score (nSPS) is 10.7. The van der Waals surface area contributed by atoms with Crippen LogP contribution in [-0.4, -0.2) is 31.3 Å². The third-order valence-electron chi connectivity index (χ3n) is 3.71. The summed E-state index contributed by atoms with van der Waals surface area (Å²) in [5.41, 5.74) is 8.06. The van der Waals surface area contributed by atoms with Crippen LogP contribution in [0.1, 0.15) is 22.6 Å². The summed E-state index contributed by atoms with van der Waals surface area (Å²) in [6.45, 7) is 4.95. The number of benzene rings is 1. The first kappa shape index (κ1) is 19.1. The molecule has 136 valence electrons. The molecule has 8 heteroatoms. The van der Waals surface area contributed by atoms with Crippen LogP contribution in [0.15, 0.2) is 16.7 Å². The molecule has 1 aromatic carbocycles. The Morgan fingerprint density at radius 3 is 2.76 bits per heavy atom. The quantitative estimate of drug-likeness (QED) is 0.659. The molecule has 0 radical (unpaired) electrons. The summed E-state index contributed by atoms with van der Waals surface area (Å²) < 4.78 is 15.7. The molecule has 25 heavy (non-hydrogen) atoms. The molecular weight excluding hydrogens is 346 g/mol. The molecule has 0 saturated carbocycles. The molecule has 0 fully saturated rings. The predicted octanol–water partition coefficient (Wildman–Crippen LogP) is 2.15. The molecule has 0 spiro atoms. The fourth-order valence-electron chi connectivity index (χ4n) is 2.46. The average molecular weight is 368 g/mol. The summed E-state index contributed by atoms with van der Waals surface area (Å²) >= 11 is 6.23. The lowest BCUT2D eigenvalue weighted by Gasteiger charge is -2.13. The van der Waals surface area contributed by atoms with Gasteiger partial charge in [0, 0.05) is 12.1 Å². The van der Waals surface area contributed by atoms with Gasteiger partial charge in [0.15, 0.2) is 18.1 Å². The van der Waals surface area contributed by atoms with Crippen molar-refractivity contribution in [3.05, 3.63) is 39.7 Å². The molecule has 2 aromatic rings. The predicted molar refractivity (Wildman–Crippen MR) is 94.1 cm³/mol. The fourth-order valence-corrected chi connectivity index (χ4v) is 2.75. The molecule has 3 N–H and O–H groups in total. The fraction of sp³-hybridized carbons (Fsp3) is 0.412. The number of aromatic nitrogens is 1. The van der Waals surface area contributed by atoms with Gasteiger partial charge in [-0.2, -0.15) is 0 Å². The minimum absolute atomic E-state index is 0.259. The lowest BCUT2D eigenvalue weighted by Crippen LogP contribution is -2.20. The molecule has 2 rings (SSSR count). The third kappa shape index (κ3) is 5.11. The molecule has 0 unspecified atom stereocenters. The van der Waals surface area contributed by atoms with Crippen LogP contribution in [0.4, 0.5) is 0 Å². The third-order valence-corrected chi connectivity index (χ3v) is 3.99. The molecule has 0 atom stereocenters. The number of nitrogens with one attached hydrogen (secondary N) is 1. The zero-order valence-electron chi connectivity index (χ0n) is 14.5. The Kier molecular flexibility index (Phi) is 6.66. The average Bonchev–Trinajstić information content (AvgIpc) is 2.88. The van der Waals surface area contributed by atoms with Crippen LogP contribution in [0.5, 0.6) is 11.5 Å². The SMILES string of the molecule is COc1cc(CNCCc2c(C)noc2C)cc(Cl)c1OCC(N)=O. The van der Waals surface area contributed by atoms with Crippen molar-refractivity contribution in [2.45, 2.75) is 26.8 Å². The van der Waals surface area contributed by atoms with Crippen molar-refractivity contribution < 1.29 is 18.8 Å². The van der Waals surface area contributed by atoms with Gasteiger partial charge in [0.1, 0.15) is 5.76 Å². The molecule has 1 amide bonds. The van der Waals surface area contributed by atoms with Crippen LogP contribution in [0.3, 0.4) is 0 Å². The van der Waals surface area contributed by atoms with Crippen LogP contribution < -0.4 is 20.5 Å². The highest BCUT2D eigenvalue weighted by atomic mass is 35.5. The summed E-state index contributed by atoms with van der Waals surface area (Å²) in [5, 5.41) is 7.65. The highest BCUT2D eigenvalue weighted by molar-refractivity contribution is 6.32. The van der Waals surface area contributed by atoms with Gasteiger partial charge in [-0.25, -0.2) is 0 Å². The molecule has 7 nitrogen and oxygen atoms in total. The van der Waals surface area contributed by atoms with Gasteiger partial charge in [-0.05, 0) is 44.5 Å². The number of hydrogen-bond donors (Lipinski definition) is 2. The number of aryl methyl sites for hydroxylation is 2. The van der Waals surface area contributed by atoms with E-state index in [1.54, 1.807) is 6.07 Å². The van der Waals surface area contributed by atoms with Crippen molar-refractivity contribution in [2.24, 2.45) is 5.73 Å². The lowest BCUT2D eigenvalue weighted by molar-refractivity contribution is -0.119. The highest BCUT2D eigenvalue weighted by Gasteiger charge is 2.13. The van der Waals surface area contributed by atoms with Crippen molar-refractivity contribution in [3.63, 3.8) is 0 Å². The molecule has 0 aliphatic rings. The van der Waals surface area contributed by atoms with E-state index < -0.39 is 5.91 Å². The molecule has 0 aliphatic heterocycles. The van der Waals surface area contributed by atoms with E-state index in [0.717, 1.165) is 35.5 Å².